The topological polar surface area (TPSA) is 483 Å². The van der Waals surface area contributed by atoms with E-state index >= 15 is 0 Å². The molecule has 0 aliphatic rings. The summed E-state index contributed by atoms with van der Waals surface area (Å²) in [6.45, 7) is 9.75. The first-order chi connectivity index (χ1) is 34.1. The summed E-state index contributed by atoms with van der Waals surface area (Å²) >= 11 is 0. The lowest BCUT2D eigenvalue weighted by atomic mass is 9.96. The minimum Gasteiger partial charge on any atom is -0.481 e. The van der Waals surface area contributed by atoms with Gasteiger partial charge in [-0.3, -0.25) is 57.5 Å². The molecular formula is C45H78N12O16. The van der Waals surface area contributed by atoms with Crippen LogP contribution in [0.1, 0.15) is 125 Å². The molecule has 73 heavy (non-hydrogen) atoms. The Morgan fingerprint density at radius 2 is 0.822 bits per heavy atom. The standard InChI is InChI=1S/C45H78N12O16/c1-7-24(6)37(44(71)54-26(11-14-32(48)58)39(66)53-28(13-16-35(61)62)40(67)56-31(45(72)73)19-23(4)5)57-41(68)27(12-15-33(49)59)52-38(65)25(10-8-9-17-46)51-43(70)30(20-36(63)64)55-42(69)29(18-22(2)3)50-34(60)21-47/h22-31,37H,7-21,46-47H2,1-6H3,(H2,48,58)(H2,49,59)(H,50,60)(H,51,70)(H,52,65)(H,53,66)(H,54,71)(H,55,69)(H,56,67)(H,57,68)(H,61,62)(H,63,64)(H,72,73)/t24-,25-,26-,27-,28-,29-,30-,31-,37-/m0/s1. The number of rotatable bonds is 38. The Hall–Kier alpha value is -6.97. The van der Waals surface area contributed by atoms with Gasteiger partial charge in [0.15, 0.2) is 0 Å². The Morgan fingerprint density at radius 3 is 1.22 bits per heavy atom. The molecule has 0 heterocycles. The summed E-state index contributed by atoms with van der Waals surface area (Å²) in [7, 11) is 0. The monoisotopic (exact) mass is 1040 g/mol. The van der Waals surface area contributed by atoms with Crippen LogP contribution < -0.4 is 65.5 Å². The van der Waals surface area contributed by atoms with E-state index in [9.17, 15) is 77.6 Å². The maximum absolute atomic E-state index is 14.1. The molecule has 0 rings (SSSR count). The van der Waals surface area contributed by atoms with Crippen molar-refractivity contribution in [3.8, 4) is 0 Å². The molecule has 0 aliphatic carbocycles. The Bertz CT molecular complexity index is 1940. The van der Waals surface area contributed by atoms with Crippen LogP contribution >= 0.6 is 0 Å². The normalized spacial score (nSPS) is 14.8. The average molecular weight is 1040 g/mol. The van der Waals surface area contributed by atoms with Crippen molar-refractivity contribution in [3.63, 3.8) is 0 Å². The molecule has 0 bridgehead atoms. The van der Waals surface area contributed by atoms with Crippen molar-refractivity contribution in [1.29, 1.82) is 0 Å². The summed E-state index contributed by atoms with van der Waals surface area (Å²) in [6.07, 6.45) is -3.40. The lowest BCUT2D eigenvalue weighted by Gasteiger charge is -2.30. The van der Waals surface area contributed by atoms with E-state index in [0.29, 0.717) is 6.42 Å². The lowest BCUT2D eigenvalue weighted by Crippen LogP contribution is -2.61. The highest BCUT2D eigenvalue weighted by molar-refractivity contribution is 5.99. The van der Waals surface area contributed by atoms with Crippen LogP contribution in [0.3, 0.4) is 0 Å². The van der Waals surface area contributed by atoms with Gasteiger partial charge in [-0.05, 0) is 75.7 Å². The van der Waals surface area contributed by atoms with Crippen LogP contribution in [-0.2, 0) is 62.3 Å². The van der Waals surface area contributed by atoms with Crippen LogP contribution in [0, 0.1) is 17.8 Å². The highest BCUT2D eigenvalue weighted by atomic mass is 16.4. The van der Waals surface area contributed by atoms with Gasteiger partial charge in [-0.2, -0.15) is 0 Å². The molecule has 0 unspecified atom stereocenters. The fraction of sp³-hybridized carbons (Fsp3) is 0.711. The van der Waals surface area contributed by atoms with Crippen LogP contribution in [0.5, 0.6) is 0 Å². The molecule has 0 saturated heterocycles. The number of carbonyl (C=O) groups is 13. The quantitative estimate of drug-likeness (QED) is 0.0262. The maximum atomic E-state index is 14.1. The average Bonchev–Trinajstić information content (AvgIpc) is 3.29. The number of hydrogen-bond donors (Lipinski definition) is 15. The number of nitrogens with one attached hydrogen (secondary N) is 8. The second-order valence-corrected chi connectivity index (χ2v) is 18.5. The van der Waals surface area contributed by atoms with Crippen molar-refractivity contribution in [2.45, 2.75) is 173 Å². The van der Waals surface area contributed by atoms with Gasteiger partial charge in [-0.25, -0.2) is 4.79 Å². The molecule has 0 fully saturated rings. The van der Waals surface area contributed by atoms with E-state index in [-0.39, 0.29) is 50.5 Å². The van der Waals surface area contributed by atoms with Gasteiger partial charge in [-0.15, -0.1) is 0 Å². The van der Waals surface area contributed by atoms with Gasteiger partial charge in [0.25, 0.3) is 0 Å². The number of unbranched alkanes of at least 4 members (excludes halogenated alkanes) is 1. The molecule has 0 aliphatic heterocycles. The highest BCUT2D eigenvalue weighted by Gasteiger charge is 2.37. The van der Waals surface area contributed by atoms with Crippen molar-refractivity contribution in [1.82, 2.24) is 42.5 Å². The highest BCUT2D eigenvalue weighted by Crippen LogP contribution is 2.14. The van der Waals surface area contributed by atoms with Crippen molar-refractivity contribution in [2.75, 3.05) is 13.1 Å². The molecular weight excluding hydrogens is 965 g/mol. The van der Waals surface area contributed by atoms with Gasteiger partial charge in [0.1, 0.15) is 48.3 Å². The van der Waals surface area contributed by atoms with Crippen LogP contribution in [0.4, 0.5) is 0 Å². The first-order valence-corrected chi connectivity index (χ1v) is 24.1. The van der Waals surface area contributed by atoms with E-state index in [4.69, 9.17) is 22.9 Å². The van der Waals surface area contributed by atoms with Crippen molar-refractivity contribution in [2.24, 2.45) is 40.7 Å². The zero-order valence-corrected chi connectivity index (χ0v) is 42.4. The summed E-state index contributed by atoms with van der Waals surface area (Å²) in [5.41, 5.74) is 21.8. The molecule has 0 saturated carbocycles. The zero-order chi connectivity index (χ0) is 56.1. The van der Waals surface area contributed by atoms with Gasteiger partial charge in [0.2, 0.25) is 59.1 Å². The summed E-state index contributed by atoms with van der Waals surface area (Å²) in [6, 6.07) is -12.4. The first kappa shape index (κ1) is 66.0. The summed E-state index contributed by atoms with van der Waals surface area (Å²) in [4.78, 5) is 168. The third-order valence-electron chi connectivity index (χ3n) is 11.2. The number of carboxylic acid groups (broad SMARTS) is 3. The van der Waals surface area contributed by atoms with Gasteiger partial charge in [0, 0.05) is 19.3 Å². The Labute approximate surface area is 423 Å². The molecule has 19 N–H and O–H groups in total. The van der Waals surface area contributed by atoms with Crippen molar-refractivity contribution in [3.05, 3.63) is 0 Å². The van der Waals surface area contributed by atoms with E-state index in [0.717, 1.165) is 0 Å². The largest absolute Gasteiger partial charge is 0.481 e. The van der Waals surface area contributed by atoms with Crippen molar-refractivity contribution >= 4 is 77.0 Å². The van der Waals surface area contributed by atoms with E-state index in [1.54, 1.807) is 34.6 Å². The third-order valence-corrected chi connectivity index (χ3v) is 11.2. The molecule has 28 heteroatoms. The Kier molecular flexibility index (Phi) is 31.1. The molecule has 0 radical (unpaired) electrons. The second kappa shape index (κ2) is 34.4. The first-order valence-electron chi connectivity index (χ1n) is 24.1. The fourth-order valence-electron chi connectivity index (χ4n) is 7.02. The summed E-state index contributed by atoms with van der Waals surface area (Å²) in [5.74, 6) is -15.2. The van der Waals surface area contributed by atoms with Crippen LogP contribution in [0.2, 0.25) is 0 Å². The minimum atomic E-state index is -1.79. The predicted octanol–water partition coefficient (Wildman–Crippen LogP) is -3.95. The lowest BCUT2D eigenvalue weighted by molar-refractivity contribution is -0.143. The Balaban J connectivity index is 6.89. The molecule has 10 amide bonds. The van der Waals surface area contributed by atoms with Gasteiger partial charge in [0.05, 0.1) is 13.0 Å². The molecule has 0 aromatic rings. The molecule has 414 valence electrons. The van der Waals surface area contributed by atoms with Gasteiger partial charge < -0.3 is 80.8 Å². The summed E-state index contributed by atoms with van der Waals surface area (Å²) in [5, 5.41) is 47.8. The predicted molar refractivity (Wildman–Crippen MR) is 259 cm³/mol. The zero-order valence-electron chi connectivity index (χ0n) is 42.4. The molecule has 0 aromatic carbocycles. The van der Waals surface area contributed by atoms with E-state index in [1.807, 2.05) is 0 Å². The maximum Gasteiger partial charge on any atom is 0.326 e. The van der Waals surface area contributed by atoms with Gasteiger partial charge in [-0.1, -0.05) is 48.0 Å². The van der Waals surface area contributed by atoms with Gasteiger partial charge >= 0.3 is 17.9 Å². The van der Waals surface area contributed by atoms with Crippen LogP contribution in [0.25, 0.3) is 0 Å². The van der Waals surface area contributed by atoms with Crippen molar-refractivity contribution < 1.29 is 77.6 Å². The summed E-state index contributed by atoms with van der Waals surface area (Å²) < 4.78 is 0. The SMILES string of the molecule is CC[C@H](C)[C@H](NC(=O)[C@H](CCC(N)=O)NC(=O)[C@H](CCCCN)NC(=O)[C@H](CC(=O)O)NC(=O)[C@H](CC(C)C)NC(=O)CN)C(=O)N[C@@H](CCC(N)=O)C(=O)N[C@@H](CCC(=O)O)C(=O)N[C@@H](CC(C)C)C(=O)O. The molecule has 0 aromatic heterocycles. The third kappa shape index (κ3) is 27.4. The molecule has 9 atom stereocenters. The fourth-order valence-corrected chi connectivity index (χ4v) is 7.02. The number of carbonyl (C=O) groups excluding carboxylic acids is 10. The number of aliphatic carboxylic acids is 3. The van der Waals surface area contributed by atoms with E-state index < -0.39 is 183 Å². The van der Waals surface area contributed by atoms with E-state index in [1.165, 1.54) is 6.92 Å². The van der Waals surface area contributed by atoms with Crippen LogP contribution in [0.15, 0.2) is 0 Å². The molecule has 0 spiro atoms. The number of nitrogens with two attached hydrogens (primary N) is 4. The van der Waals surface area contributed by atoms with E-state index in [2.05, 4.69) is 42.5 Å². The number of primary amides is 2. The smallest absolute Gasteiger partial charge is 0.326 e. The number of hydrogen-bond acceptors (Lipinski definition) is 15. The number of amides is 10. The molecule has 28 nitrogen and oxygen atoms in total. The second-order valence-electron chi connectivity index (χ2n) is 18.5. The van der Waals surface area contributed by atoms with Crippen LogP contribution in [-0.4, -0.2) is 154 Å². The number of carboxylic acids is 3. The minimum absolute atomic E-state index is 0.0188. The Morgan fingerprint density at radius 1 is 0.438 bits per heavy atom.